The number of H-pyrrole nitrogens is 1. The number of nitrogens with zero attached hydrogens (tertiary/aromatic N) is 1. The SMILES string of the molecule is CCCN1C(=O)c2ccccc2NC1c1cc2ccccc2[nH]c1=O. The van der Waals surface area contributed by atoms with Crippen LogP contribution in [0.5, 0.6) is 0 Å². The van der Waals surface area contributed by atoms with Crippen LogP contribution in [-0.2, 0) is 0 Å². The van der Waals surface area contributed by atoms with Gasteiger partial charge in [0.25, 0.3) is 11.5 Å². The number of anilines is 1. The lowest BCUT2D eigenvalue weighted by atomic mass is 10.0. The van der Waals surface area contributed by atoms with Gasteiger partial charge in [0.1, 0.15) is 6.17 Å². The molecule has 3 aromatic rings. The summed E-state index contributed by atoms with van der Waals surface area (Å²) in [5.74, 6) is -0.0474. The van der Waals surface area contributed by atoms with Gasteiger partial charge in [0, 0.05) is 17.7 Å². The van der Waals surface area contributed by atoms with Crippen molar-refractivity contribution in [1.82, 2.24) is 9.88 Å². The molecule has 0 saturated carbocycles. The van der Waals surface area contributed by atoms with Crippen molar-refractivity contribution in [2.75, 3.05) is 11.9 Å². The number of carbonyl (C=O) groups is 1. The van der Waals surface area contributed by atoms with E-state index in [0.29, 0.717) is 17.7 Å². The number of nitrogens with one attached hydrogen (secondary N) is 2. The summed E-state index contributed by atoms with van der Waals surface area (Å²) in [6, 6.07) is 16.9. The molecule has 2 aromatic carbocycles. The van der Waals surface area contributed by atoms with Crippen molar-refractivity contribution in [1.29, 1.82) is 0 Å². The van der Waals surface area contributed by atoms with Gasteiger partial charge in [-0.25, -0.2) is 0 Å². The number of aromatic nitrogens is 1. The maximum Gasteiger partial charge on any atom is 0.257 e. The number of fused-ring (bicyclic) bond motifs is 2. The summed E-state index contributed by atoms with van der Waals surface area (Å²) < 4.78 is 0. The third-order valence-corrected chi connectivity index (χ3v) is 4.56. The van der Waals surface area contributed by atoms with E-state index < -0.39 is 6.17 Å². The first-order valence-electron chi connectivity index (χ1n) is 8.47. The normalized spacial score (nSPS) is 16.6. The van der Waals surface area contributed by atoms with E-state index in [0.717, 1.165) is 23.0 Å². The van der Waals surface area contributed by atoms with E-state index in [1.807, 2.05) is 61.5 Å². The second-order valence-electron chi connectivity index (χ2n) is 6.23. The van der Waals surface area contributed by atoms with Gasteiger partial charge in [0.2, 0.25) is 0 Å². The Bertz CT molecular complexity index is 1010. The zero-order valence-corrected chi connectivity index (χ0v) is 14.0. The van der Waals surface area contributed by atoms with Crippen LogP contribution in [-0.4, -0.2) is 22.3 Å². The minimum atomic E-state index is -0.476. The molecule has 0 radical (unpaired) electrons. The van der Waals surface area contributed by atoms with Crippen LogP contribution in [0, 0.1) is 0 Å². The molecule has 2 heterocycles. The summed E-state index contributed by atoms with van der Waals surface area (Å²) in [6.07, 6.45) is 0.341. The predicted molar refractivity (Wildman–Crippen MR) is 98.7 cm³/mol. The van der Waals surface area contributed by atoms with Gasteiger partial charge < -0.3 is 15.2 Å². The van der Waals surface area contributed by atoms with Crippen LogP contribution in [0.2, 0.25) is 0 Å². The lowest BCUT2D eigenvalue weighted by Gasteiger charge is -2.37. The number of hydrogen-bond donors (Lipinski definition) is 2. The number of carbonyl (C=O) groups excluding carboxylic acids is 1. The quantitative estimate of drug-likeness (QED) is 0.771. The van der Waals surface area contributed by atoms with Gasteiger partial charge in [-0.2, -0.15) is 0 Å². The number of benzene rings is 2. The van der Waals surface area contributed by atoms with E-state index in [-0.39, 0.29) is 11.5 Å². The average molecular weight is 333 g/mol. The molecule has 0 saturated heterocycles. The smallest absolute Gasteiger partial charge is 0.257 e. The van der Waals surface area contributed by atoms with Crippen LogP contribution in [0.15, 0.2) is 59.4 Å². The lowest BCUT2D eigenvalue weighted by Crippen LogP contribution is -2.45. The fourth-order valence-electron chi connectivity index (χ4n) is 3.38. The molecule has 0 fully saturated rings. The fraction of sp³-hybridized carbons (Fsp3) is 0.200. The first kappa shape index (κ1) is 15.4. The van der Waals surface area contributed by atoms with Gasteiger partial charge in [-0.3, -0.25) is 9.59 Å². The van der Waals surface area contributed by atoms with Crippen molar-refractivity contribution in [2.45, 2.75) is 19.5 Å². The highest BCUT2D eigenvalue weighted by atomic mass is 16.2. The molecular formula is C20H19N3O2. The Hall–Kier alpha value is -3.08. The van der Waals surface area contributed by atoms with Gasteiger partial charge in [0.05, 0.1) is 11.1 Å². The molecule has 5 nitrogen and oxygen atoms in total. The van der Waals surface area contributed by atoms with Gasteiger partial charge >= 0.3 is 0 Å². The Labute approximate surface area is 145 Å². The number of pyridine rings is 1. The highest BCUT2D eigenvalue weighted by molar-refractivity contribution is 6.01. The molecule has 2 N–H and O–H groups in total. The minimum absolute atomic E-state index is 0.0474. The maximum absolute atomic E-state index is 12.9. The van der Waals surface area contributed by atoms with E-state index in [1.54, 1.807) is 4.90 Å². The highest BCUT2D eigenvalue weighted by Gasteiger charge is 2.33. The standard InChI is InChI=1S/C20H19N3O2/c1-2-11-23-18(21-17-10-6-4-8-14(17)20(23)25)15-12-13-7-3-5-9-16(13)22-19(15)24/h3-10,12,18,21H,2,11H2,1H3,(H,22,24). The summed E-state index contributed by atoms with van der Waals surface area (Å²) in [4.78, 5) is 30.3. The monoisotopic (exact) mass is 333 g/mol. The van der Waals surface area contributed by atoms with Gasteiger partial charge in [-0.15, -0.1) is 0 Å². The molecule has 0 aliphatic carbocycles. The van der Waals surface area contributed by atoms with Gasteiger partial charge in [-0.05, 0) is 36.1 Å². The number of hydrogen-bond acceptors (Lipinski definition) is 3. The van der Waals surface area contributed by atoms with Crippen LogP contribution in [0.1, 0.15) is 35.4 Å². The van der Waals surface area contributed by atoms with Crippen molar-refractivity contribution in [3.05, 3.63) is 76.1 Å². The summed E-state index contributed by atoms with van der Waals surface area (Å²) in [5.41, 5.74) is 2.57. The molecular weight excluding hydrogens is 314 g/mol. The molecule has 4 rings (SSSR count). The van der Waals surface area contributed by atoms with Crippen molar-refractivity contribution in [2.24, 2.45) is 0 Å². The zero-order valence-electron chi connectivity index (χ0n) is 14.0. The first-order valence-corrected chi connectivity index (χ1v) is 8.47. The number of aromatic amines is 1. The van der Waals surface area contributed by atoms with Crippen molar-refractivity contribution < 1.29 is 4.79 Å². The van der Waals surface area contributed by atoms with Crippen molar-refractivity contribution in [3.8, 4) is 0 Å². The van der Waals surface area contributed by atoms with Crippen LogP contribution in [0.3, 0.4) is 0 Å². The second-order valence-corrected chi connectivity index (χ2v) is 6.23. The van der Waals surface area contributed by atoms with E-state index in [1.165, 1.54) is 0 Å². The molecule has 1 aliphatic heterocycles. The van der Waals surface area contributed by atoms with Crippen LogP contribution >= 0.6 is 0 Å². The van der Waals surface area contributed by atoms with Crippen LogP contribution in [0.4, 0.5) is 5.69 Å². The third-order valence-electron chi connectivity index (χ3n) is 4.56. The molecule has 25 heavy (non-hydrogen) atoms. The molecule has 5 heteroatoms. The Kier molecular flexibility index (Phi) is 3.76. The first-order chi connectivity index (χ1) is 12.2. The highest BCUT2D eigenvalue weighted by Crippen LogP contribution is 2.32. The zero-order chi connectivity index (χ0) is 17.4. The summed E-state index contributed by atoms with van der Waals surface area (Å²) >= 11 is 0. The van der Waals surface area contributed by atoms with Gasteiger partial charge in [0.15, 0.2) is 0 Å². The molecule has 1 aromatic heterocycles. The molecule has 0 bridgehead atoms. The van der Waals surface area contributed by atoms with Crippen molar-refractivity contribution in [3.63, 3.8) is 0 Å². The lowest BCUT2D eigenvalue weighted by molar-refractivity contribution is 0.0682. The third kappa shape index (κ3) is 2.58. The number of amides is 1. The fourth-order valence-corrected chi connectivity index (χ4v) is 3.38. The van der Waals surface area contributed by atoms with Crippen LogP contribution < -0.4 is 10.9 Å². The Balaban J connectivity index is 1.87. The average Bonchev–Trinajstić information content (AvgIpc) is 2.63. The summed E-state index contributed by atoms with van der Waals surface area (Å²) in [7, 11) is 0. The Morgan fingerprint density at radius 2 is 1.80 bits per heavy atom. The van der Waals surface area contributed by atoms with E-state index in [9.17, 15) is 9.59 Å². The van der Waals surface area contributed by atoms with E-state index in [2.05, 4.69) is 10.3 Å². The topological polar surface area (TPSA) is 65.2 Å². The second kappa shape index (κ2) is 6.09. The molecule has 0 spiro atoms. The molecule has 1 atom stereocenters. The molecule has 1 unspecified atom stereocenters. The summed E-state index contributed by atoms with van der Waals surface area (Å²) in [6.45, 7) is 2.60. The van der Waals surface area contributed by atoms with Crippen molar-refractivity contribution >= 4 is 22.5 Å². The maximum atomic E-state index is 12.9. The number of rotatable bonds is 3. The minimum Gasteiger partial charge on any atom is -0.361 e. The van der Waals surface area contributed by atoms with Crippen LogP contribution in [0.25, 0.3) is 10.9 Å². The molecule has 1 amide bonds. The van der Waals surface area contributed by atoms with E-state index in [4.69, 9.17) is 0 Å². The summed E-state index contributed by atoms with van der Waals surface area (Å²) in [5, 5.41) is 4.32. The number of para-hydroxylation sites is 2. The Morgan fingerprint density at radius 3 is 2.64 bits per heavy atom. The molecule has 126 valence electrons. The molecule has 1 aliphatic rings. The predicted octanol–water partition coefficient (Wildman–Crippen LogP) is 3.50. The van der Waals surface area contributed by atoms with Gasteiger partial charge in [-0.1, -0.05) is 37.3 Å². The Morgan fingerprint density at radius 1 is 1.04 bits per heavy atom. The largest absolute Gasteiger partial charge is 0.361 e. The van der Waals surface area contributed by atoms with E-state index >= 15 is 0 Å².